The van der Waals surface area contributed by atoms with E-state index in [-0.39, 0.29) is 17.7 Å². The van der Waals surface area contributed by atoms with Gasteiger partial charge in [0.1, 0.15) is 23.2 Å². The predicted octanol–water partition coefficient (Wildman–Crippen LogP) is 6.05. The van der Waals surface area contributed by atoms with Gasteiger partial charge < -0.3 is 4.42 Å². The van der Waals surface area contributed by atoms with Gasteiger partial charge in [-0.05, 0) is 54.5 Å². The summed E-state index contributed by atoms with van der Waals surface area (Å²) in [5.41, 5.74) is 1.73. The van der Waals surface area contributed by atoms with Crippen LogP contribution in [0, 0.1) is 11.3 Å². The molecule has 1 aromatic heterocycles. The lowest BCUT2D eigenvalue weighted by atomic mass is 9.94. The van der Waals surface area contributed by atoms with Crippen molar-refractivity contribution in [2.24, 2.45) is 0 Å². The van der Waals surface area contributed by atoms with Crippen molar-refractivity contribution in [1.29, 1.82) is 5.26 Å². The van der Waals surface area contributed by atoms with Crippen molar-refractivity contribution in [3.8, 4) is 17.4 Å². The van der Waals surface area contributed by atoms with Crippen LogP contribution < -0.4 is 0 Å². The van der Waals surface area contributed by atoms with Crippen LogP contribution in [0.3, 0.4) is 0 Å². The van der Waals surface area contributed by atoms with E-state index in [0.717, 1.165) is 4.90 Å². The van der Waals surface area contributed by atoms with Crippen molar-refractivity contribution in [1.82, 2.24) is 4.90 Å². The minimum atomic E-state index is -0.650. The minimum absolute atomic E-state index is 0.0455. The predicted molar refractivity (Wildman–Crippen MR) is 122 cm³/mol. The van der Waals surface area contributed by atoms with Gasteiger partial charge >= 0.3 is 0 Å². The van der Waals surface area contributed by atoms with Crippen molar-refractivity contribution >= 4 is 41.1 Å². The zero-order valence-corrected chi connectivity index (χ0v) is 18.4. The number of benzene rings is 2. The Morgan fingerprint density at radius 3 is 2.34 bits per heavy atom. The number of nitriles is 1. The van der Waals surface area contributed by atoms with Crippen LogP contribution in [-0.4, -0.2) is 16.7 Å². The van der Waals surface area contributed by atoms with Crippen molar-refractivity contribution in [2.45, 2.75) is 13.5 Å². The molecule has 0 saturated heterocycles. The number of furan rings is 1. The molecule has 7 heteroatoms. The Hall–Kier alpha value is -3.59. The second kappa shape index (κ2) is 8.88. The summed E-state index contributed by atoms with van der Waals surface area (Å²) in [5.74, 6) is -0.241. The van der Waals surface area contributed by atoms with Gasteiger partial charge in [-0.2, -0.15) is 5.26 Å². The molecule has 2 amide bonds. The average molecular weight is 463 g/mol. The van der Waals surface area contributed by atoms with E-state index in [1.807, 2.05) is 24.3 Å². The third-order valence-electron chi connectivity index (χ3n) is 5.16. The maximum absolute atomic E-state index is 13.2. The lowest BCUT2D eigenvalue weighted by molar-refractivity contribution is -0.141. The van der Waals surface area contributed by atoms with Gasteiger partial charge in [0.15, 0.2) is 0 Å². The lowest BCUT2D eigenvalue weighted by Gasteiger charge is -2.27. The van der Waals surface area contributed by atoms with Gasteiger partial charge in [0, 0.05) is 16.2 Å². The highest BCUT2D eigenvalue weighted by atomic mass is 35.5. The van der Waals surface area contributed by atoms with Crippen LogP contribution in [0.2, 0.25) is 10.0 Å². The molecule has 0 radical (unpaired) electrons. The first-order valence-corrected chi connectivity index (χ1v) is 10.4. The SMILES string of the molecule is CC1=C(C#N)C(=O)N(Cc2ccccc2Cl)C(=O)/C1=C/c1ccc(-c2ccccc2Cl)o1. The van der Waals surface area contributed by atoms with Gasteiger partial charge in [-0.1, -0.05) is 53.5 Å². The number of rotatable bonds is 4. The van der Waals surface area contributed by atoms with E-state index in [1.165, 1.54) is 6.08 Å². The first kappa shape index (κ1) is 21.6. The number of amides is 2. The van der Waals surface area contributed by atoms with Crippen LogP contribution in [0.1, 0.15) is 18.2 Å². The molecule has 5 nitrogen and oxygen atoms in total. The van der Waals surface area contributed by atoms with E-state index < -0.39 is 11.8 Å². The molecule has 0 aliphatic carbocycles. The topological polar surface area (TPSA) is 74.3 Å². The maximum atomic E-state index is 13.2. The largest absolute Gasteiger partial charge is 0.457 e. The Labute approximate surface area is 194 Å². The summed E-state index contributed by atoms with van der Waals surface area (Å²) < 4.78 is 5.88. The van der Waals surface area contributed by atoms with E-state index in [4.69, 9.17) is 27.6 Å². The Kier molecular flexibility index (Phi) is 6.00. The monoisotopic (exact) mass is 462 g/mol. The first-order valence-electron chi connectivity index (χ1n) is 9.68. The number of halogens is 2. The molecule has 1 aliphatic heterocycles. The van der Waals surface area contributed by atoms with E-state index in [2.05, 4.69) is 0 Å². The average Bonchev–Trinajstić information content (AvgIpc) is 3.24. The highest BCUT2D eigenvalue weighted by molar-refractivity contribution is 6.33. The fraction of sp³-hybridized carbons (Fsp3) is 0.0800. The summed E-state index contributed by atoms with van der Waals surface area (Å²) in [6, 6.07) is 19.6. The van der Waals surface area contributed by atoms with Crippen LogP contribution >= 0.6 is 23.2 Å². The zero-order chi connectivity index (χ0) is 22.8. The van der Waals surface area contributed by atoms with Gasteiger partial charge in [0.2, 0.25) is 0 Å². The van der Waals surface area contributed by atoms with Gasteiger partial charge in [0.25, 0.3) is 11.8 Å². The Morgan fingerprint density at radius 2 is 1.66 bits per heavy atom. The molecule has 0 N–H and O–H groups in total. The fourth-order valence-corrected chi connectivity index (χ4v) is 3.87. The van der Waals surface area contributed by atoms with Crippen molar-refractivity contribution in [2.75, 3.05) is 0 Å². The fourth-order valence-electron chi connectivity index (χ4n) is 3.45. The third-order valence-corrected chi connectivity index (χ3v) is 5.86. The Morgan fingerprint density at radius 1 is 0.969 bits per heavy atom. The standard InChI is InChI=1S/C25H16Cl2N2O3/c1-15-19(12-17-10-11-23(32-17)18-7-3-5-9-22(18)27)24(30)29(25(31)20(15)13-28)14-16-6-2-4-8-21(16)26/h2-12H,14H2,1H3/b19-12+. The van der Waals surface area contributed by atoms with Crippen LogP contribution in [0.15, 0.2) is 81.8 Å². The van der Waals surface area contributed by atoms with Crippen LogP contribution in [-0.2, 0) is 16.1 Å². The molecular formula is C25H16Cl2N2O3. The number of carbonyl (C=O) groups excluding carboxylic acids is 2. The Bertz CT molecular complexity index is 1340. The number of imide groups is 1. The van der Waals surface area contributed by atoms with E-state index in [0.29, 0.717) is 38.3 Å². The molecule has 0 unspecified atom stereocenters. The minimum Gasteiger partial charge on any atom is -0.457 e. The third kappa shape index (κ3) is 3.99. The summed E-state index contributed by atoms with van der Waals surface area (Å²) in [5, 5.41) is 10.5. The molecule has 2 aromatic carbocycles. The second-order valence-corrected chi connectivity index (χ2v) is 7.95. The molecule has 0 fully saturated rings. The molecular weight excluding hydrogens is 447 g/mol. The molecule has 32 heavy (non-hydrogen) atoms. The molecule has 2 heterocycles. The smallest absolute Gasteiger partial charge is 0.271 e. The number of carbonyl (C=O) groups is 2. The summed E-state index contributed by atoms with van der Waals surface area (Å²) in [6.07, 6.45) is 1.53. The van der Waals surface area contributed by atoms with Crippen LogP contribution in [0.25, 0.3) is 17.4 Å². The lowest BCUT2D eigenvalue weighted by Crippen LogP contribution is -2.42. The quantitative estimate of drug-likeness (QED) is 0.349. The van der Waals surface area contributed by atoms with Gasteiger partial charge in [-0.3, -0.25) is 14.5 Å². The van der Waals surface area contributed by atoms with Crippen molar-refractivity contribution in [3.63, 3.8) is 0 Å². The van der Waals surface area contributed by atoms with Crippen molar-refractivity contribution < 1.29 is 14.0 Å². The van der Waals surface area contributed by atoms with Crippen LogP contribution in [0.5, 0.6) is 0 Å². The summed E-state index contributed by atoms with van der Waals surface area (Å²) in [7, 11) is 0. The van der Waals surface area contributed by atoms with Gasteiger partial charge in [-0.15, -0.1) is 0 Å². The summed E-state index contributed by atoms with van der Waals surface area (Å²) in [4.78, 5) is 27.1. The molecule has 0 saturated carbocycles. The van der Waals surface area contributed by atoms with E-state index in [1.54, 1.807) is 49.4 Å². The molecule has 0 bridgehead atoms. The van der Waals surface area contributed by atoms with E-state index in [9.17, 15) is 14.9 Å². The molecule has 0 atom stereocenters. The molecule has 158 valence electrons. The molecule has 4 rings (SSSR count). The zero-order valence-electron chi connectivity index (χ0n) is 16.9. The number of hydrogen-bond acceptors (Lipinski definition) is 4. The van der Waals surface area contributed by atoms with Crippen LogP contribution in [0.4, 0.5) is 0 Å². The van der Waals surface area contributed by atoms with Gasteiger partial charge in [0.05, 0.1) is 11.6 Å². The second-order valence-electron chi connectivity index (χ2n) is 7.14. The number of nitrogens with zero attached hydrogens (tertiary/aromatic N) is 2. The first-order chi connectivity index (χ1) is 15.4. The molecule has 0 spiro atoms. The normalized spacial score (nSPS) is 15.4. The number of hydrogen-bond donors (Lipinski definition) is 0. The van der Waals surface area contributed by atoms with E-state index >= 15 is 0 Å². The highest BCUT2D eigenvalue weighted by Gasteiger charge is 2.36. The maximum Gasteiger partial charge on any atom is 0.271 e. The summed E-state index contributed by atoms with van der Waals surface area (Å²) in [6.45, 7) is 1.53. The summed E-state index contributed by atoms with van der Waals surface area (Å²) >= 11 is 12.5. The highest BCUT2D eigenvalue weighted by Crippen LogP contribution is 2.32. The van der Waals surface area contributed by atoms with Crippen molar-refractivity contribution in [3.05, 3.63) is 98.8 Å². The Balaban J connectivity index is 1.74. The molecule has 1 aliphatic rings. The van der Waals surface area contributed by atoms with Gasteiger partial charge in [-0.25, -0.2) is 0 Å². The molecule has 3 aromatic rings.